The van der Waals surface area contributed by atoms with Gasteiger partial charge in [0.05, 0.1) is 11.1 Å². The molecule has 1 nitrogen and oxygen atoms in total. The minimum absolute atomic E-state index is 0.219. The highest BCUT2D eigenvalue weighted by atomic mass is 19.4. The summed E-state index contributed by atoms with van der Waals surface area (Å²) in [4.78, 5) is 0. The Morgan fingerprint density at radius 3 is 1.84 bits per heavy atom. The standard InChI is InChI=1S/C27H18F10O/c1-2-3-4-5-15-7-9-19(22(30)10-15)27(36,37)38-17-13-20(28)18(21(29)14-17)8-6-16-11-23(31)25(24(32)12-16)26(33,34)35/h7,9-14H,2-5H2,1H3. The fourth-order valence-electron chi connectivity index (χ4n) is 3.51. The van der Waals surface area contributed by atoms with Gasteiger partial charge >= 0.3 is 12.3 Å². The Labute approximate surface area is 211 Å². The first-order valence-corrected chi connectivity index (χ1v) is 11.2. The molecule has 38 heavy (non-hydrogen) atoms. The molecule has 0 aliphatic heterocycles. The highest BCUT2D eigenvalue weighted by molar-refractivity contribution is 5.47. The number of aryl methyl sites for hydroxylation is 1. The molecule has 3 aromatic rings. The van der Waals surface area contributed by atoms with E-state index in [0.29, 0.717) is 24.1 Å². The number of rotatable bonds is 7. The highest BCUT2D eigenvalue weighted by Crippen LogP contribution is 2.36. The summed E-state index contributed by atoms with van der Waals surface area (Å²) in [5, 5.41) is 0. The number of benzene rings is 3. The fraction of sp³-hybridized carbons (Fsp3) is 0.259. The lowest BCUT2D eigenvalue weighted by Crippen LogP contribution is -2.23. The SMILES string of the molecule is CCCCCc1ccc(C(F)(F)Oc2cc(F)c(C#Cc3cc(F)c(C(F)(F)F)c(F)c3)c(F)c2)c(F)c1. The molecule has 0 spiro atoms. The molecule has 0 atom stereocenters. The largest absolute Gasteiger partial charge is 0.429 e. The monoisotopic (exact) mass is 548 g/mol. The second kappa shape index (κ2) is 11.4. The molecular formula is C27H18F10O. The Kier molecular flexibility index (Phi) is 8.65. The van der Waals surface area contributed by atoms with Crippen molar-refractivity contribution in [1.29, 1.82) is 0 Å². The van der Waals surface area contributed by atoms with Crippen LogP contribution in [0.25, 0.3) is 0 Å². The van der Waals surface area contributed by atoms with Gasteiger partial charge in [-0.05, 0) is 42.7 Å². The van der Waals surface area contributed by atoms with E-state index < -0.39 is 69.4 Å². The summed E-state index contributed by atoms with van der Waals surface area (Å²) >= 11 is 0. The van der Waals surface area contributed by atoms with Crippen LogP contribution in [0.4, 0.5) is 43.9 Å². The van der Waals surface area contributed by atoms with Crippen molar-refractivity contribution in [1.82, 2.24) is 0 Å². The molecule has 0 aromatic heterocycles. The molecule has 0 aliphatic rings. The minimum Gasteiger partial charge on any atom is -0.429 e. The van der Waals surface area contributed by atoms with Crippen molar-refractivity contribution in [2.24, 2.45) is 0 Å². The molecule has 0 N–H and O–H groups in total. The van der Waals surface area contributed by atoms with Crippen LogP contribution in [0.1, 0.15) is 54.0 Å². The zero-order chi connectivity index (χ0) is 28.3. The number of hydrogen-bond acceptors (Lipinski definition) is 1. The van der Waals surface area contributed by atoms with Crippen molar-refractivity contribution in [3.8, 4) is 17.6 Å². The van der Waals surface area contributed by atoms with Gasteiger partial charge in [0, 0.05) is 17.7 Å². The second-order valence-corrected chi connectivity index (χ2v) is 8.21. The van der Waals surface area contributed by atoms with Crippen LogP contribution in [0.5, 0.6) is 5.75 Å². The van der Waals surface area contributed by atoms with Gasteiger partial charge in [0.15, 0.2) is 0 Å². The van der Waals surface area contributed by atoms with Crippen molar-refractivity contribution in [2.75, 3.05) is 0 Å². The maximum absolute atomic E-state index is 14.6. The van der Waals surface area contributed by atoms with Gasteiger partial charge in [-0.2, -0.15) is 22.0 Å². The number of ether oxygens (including phenoxy) is 1. The third-order valence-corrected chi connectivity index (χ3v) is 5.34. The van der Waals surface area contributed by atoms with E-state index in [0.717, 1.165) is 31.4 Å². The van der Waals surface area contributed by atoms with Gasteiger partial charge in [0.1, 0.15) is 40.4 Å². The van der Waals surface area contributed by atoms with Crippen molar-refractivity contribution >= 4 is 0 Å². The molecule has 0 aliphatic carbocycles. The lowest BCUT2D eigenvalue weighted by molar-refractivity contribution is -0.187. The summed E-state index contributed by atoms with van der Waals surface area (Å²) in [6, 6.07) is 4.11. The Morgan fingerprint density at radius 2 is 1.32 bits per heavy atom. The first-order valence-electron chi connectivity index (χ1n) is 11.2. The van der Waals surface area contributed by atoms with Crippen LogP contribution in [0.15, 0.2) is 42.5 Å². The summed E-state index contributed by atoms with van der Waals surface area (Å²) < 4.78 is 142. The molecule has 0 saturated heterocycles. The third kappa shape index (κ3) is 6.79. The van der Waals surface area contributed by atoms with Gasteiger partial charge in [-0.1, -0.05) is 37.7 Å². The molecule has 0 heterocycles. The fourth-order valence-corrected chi connectivity index (χ4v) is 3.51. The van der Waals surface area contributed by atoms with Crippen LogP contribution < -0.4 is 4.74 Å². The van der Waals surface area contributed by atoms with E-state index in [1.54, 1.807) is 0 Å². The van der Waals surface area contributed by atoms with Crippen LogP contribution in [-0.2, 0) is 18.7 Å². The van der Waals surface area contributed by atoms with Crippen molar-refractivity contribution in [3.63, 3.8) is 0 Å². The summed E-state index contributed by atoms with van der Waals surface area (Å²) in [6.45, 7) is 1.97. The molecule has 0 bridgehead atoms. The number of halogens is 10. The quantitative estimate of drug-likeness (QED) is 0.163. The molecule has 11 heteroatoms. The van der Waals surface area contributed by atoms with Gasteiger partial charge in [0.2, 0.25) is 0 Å². The minimum atomic E-state index is -5.32. The van der Waals surface area contributed by atoms with E-state index in [-0.39, 0.29) is 12.1 Å². The molecule has 0 saturated carbocycles. The predicted molar refractivity (Wildman–Crippen MR) is 118 cm³/mol. The molecule has 3 aromatic carbocycles. The second-order valence-electron chi connectivity index (χ2n) is 8.21. The lowest BCUT2D eigenvalue weighted by atomic mass is 10.0. The van der Waals surface area contributed by atoms with E-state index in [4.69, 9.17) is 0 Å². The summed E-state index contributed by atoms with van der Waals surface area (Å²) in [6.07, 6.45) is -6.64. The topological polar surface area (TPSA) is 9.23 Å². The van der Waals surface area contributed by atoms with Crippen molar-refractivity contribution in [2.45, 2.75) is 44.9 Å². The van der Waals surface area contributed by atoms with E-state index in [9.17, 15) is 43.9 Å². The zero-order valence-electron chi connectivity index (χ0n) is 19.6. The highest BCUT2D eigenvalue weighted by Gasteiger charge is 2.39. The van der Waals surface area contributed by atoms with Gasteiger partial charge in [-0.15, -0.1) is 0 Å². The summed E-state index contributed by atoms with van der Waals surface area (Å²) in [5.74, 6) is -5.56. The third-order valence-electron chi connectivity index (χ3n) is 5.34. The normalized spacial score (nSPS) is 11.8. The zero-order valence-corrected chi connectivity index (χ0v) is 19.6. The summed E-state index contributed by atoms with van der Waals surface area (Å²) in [5.41, 5.74) is -4.54. The maximum Gasteiger partial charge on any atom is 0.429 e. The van der Waals surface area contributed by atoms with E-state index in [1.807, 2.05) is 18.8 Å². The Bertz CT molecular complexity index is 1340. The van der Waals surface area contributed by atoms with Crippen LogP contribution >= 0.6 is 0 Å². The van der Waals surface area contributed by atoms with E-state index in [2.05, 4.69) is 4.74 Å². The molecule has 0 amide bonds. The van der Waals surface area contributed by atoms with Gasteiger partial charge < -0.3 is 4.74 Å². The average Bonchev–Trinajstić information content (AvgIpc) is 2.77. The number of unbranched alkanes of at least 4 members (excludes halogenated alkanes) is 2. The molecule has 0 radical (unpaired) electrons. The molecule has 0 fully saturated rings. The predicted octanol–water partition coefficient (Wildman–Crippen LogP) is 8.66. The lowest BCUT2D eigenvalue weighted by Gasteiger charge is -2.19. The molecule has 202 valence electrons. The first kappa shape index (κ1) is 28.9. The van der Waals surface area contributed by atoms with Crippen LogP contribution in [0.2, 0.25) is 0 Å². The van der Waals surface area contributed by atoms with Crippen LogP contribution in [0, 0.1) is 40.9 Å². The average molecular weight is 548 g/mol. The molecular weight excluding hydrogens is 530 g/mol. The first-order chi connectivity index (χ1) is 17.7. The Hall–Kier alpha value is -3.68. The van der Waals surface area contributed by atoms with Gasteiger partial charge in [0.25, 0.3) is 0 Å². The Morgan fingerprint density at radius 1 is 0.711 bits per heavy atom. The Balaban J connectivity index is 1.84. The molecule has 0 unspecified atom stereocenters. The van der Waals surface area contributed by atoms with Gasteiger partial charge in [-0.3, -0.25) is 0 Å². The van der Waals surface area contributed by atoms with E-state index >= 15 is 0 Å². The smallest absolute Gasteiger partial charge is 0.429 e. The van der Waals surface area contributed by atoms with Crippen LogP contribution in [0.3, 0.4) is 0 Å². The van der Waals surface area contributed by atoms with Crippen molar-refractivity contribution in [3.05, 3.63) is 99.4 Å². The van der Waals surface area contributed by atoms with Crippen LogP contribution in [-0.4, -0.2) is 0 Å². The maximum atomic E-state index is 14.6. The number of alkyl halides is 5. The van der Waals surface area contributed by atoms with Gasteiger partial charge in [-0.25, -0.2) is 22.0 Å². The summed E-state index contributed by atoms with van der Waals surface area (Å²) in [7, 11) is 0. The van der Waals surface area contributed by atoms with Crippen molar-refractivity contribution < 1.29 is 48.6 Å². The number of hydrogen-bond donors (Lipinski definition) is 0. The molecule has 3 rings (SSSR count). The van der Waals surface area contributed by atoms with E-state index in [1.165, 1.54) is 6.07 Å².